The molecule has 1 aliphatic heterocycles. The van der Waals surface area contributed by atoms with E-state index in [-0.39, 0.29) is 10.8 Å². The molecule has 0 atom stereocenters. The fraction of sp³-hybridized carbons (Fsp3) is 0.350. The molecule has 0 aromatic heterocycles. The smallest absolute Gasteiger partial charge is 0.275 e. The van der Waals surface area contributed by atoms with Crippen molar-refractivity contribution < 1.29 is 18.1 Å². The highest BCUT2D eigenvalue weighted by Gasteiger charge is 2.31. The van der Waals surface area contributed by atoms with Crippen LogP contribution in [-0.4, -0.2) is 57.9 Å². The van der Waals surface area contributed by atoms with Crippen molar-refractivity contribution in [3.05, 3.63) is 65.2 Å². The molecule has 6 nitrogen and oxygen atoms in total. The highest BCUT2D eigenvalue weighted by Crippen LogP contribution is 2.19. The third kappa shape index (κ3) is 5.54. The van der Waals surface area contributed by atoms with Gasteiger partial charge in [0.25, 0.3) is 5.91 Å². The summed E-state index contributed by atoms with van der Waals surface area (Å²) in [7, 11) is -3.55. The van der Waals surface area contributed by atoms with Gasteiger partial charge in [0, 0.05) is 11.6 Å². The second-order valence-corrected chi connectivity index (χ2v) is 9.25. The molecule has 1 fully saturated rings. The van der Waals surface area contributed by atoms with Crippen molar-refractivity contribution in [3.63, 3.8) is 0 Å². The summed E-state index contributed by atoms with van der Waals surface area (Å²) >= 11 is 5.92. The van der Waals surface area contributed by atoms with Crippen molar-refractivity contribution in [2.24, 2.45) is 0 Å². The van der Waals surface area contributed by atoms with Gasteiger partial charge in [-0.05, 0) is 30.2 Å². The first-order valence-electron chi connectivity index (χ1n) is 9.35. The van der Waals surface area contributed by atoms with Crippen LogP contribution in [0, 0.1) is 0 Å². The minimum absolute atomic E-state index is 0.00270. The van der Waals surface area contributed by atoms with E-state index in [4.69, 9.17) is 11.6 Å². The number of rotatable bonds is 7. The maximum absolute atomic E-state index is 12.7. The second kappa shape index (κ2) is 9.52. The number of nitrogens with one attached hydrogen (secondary N) is 2. The number of amides is 1. The molecule has 2 N–H and O–H groups in total. The standard InChI is InChI=1S/C20H24ClN3O3S/c21-18-7-4-8-19(15-18)28(26,27)24-13-11-23(12-14-24)16-20(25)22-10-9-17-5-2-1-3-6-17/h1-8,15H,9-14,16H2,(H,22,25)/p+1. The molecular weight excluding hydrogens is 398 g/mol. The van der Waals surface area contributed by atoms with Crippen molar-refractivity contribution in [1.29, 1.82) is 0 Å². The lowest BCUT2D eigenvalue weighted by molar-refractivity contribution is -0.895. The molecule has 0 saturated carbocycles. The predicted molar refractivity (Wildman–Crippen MR) is 109 cm³/mol. The van der Waals surface area contributed by atoms with Crippen molar-refractivity contribution in [3.8, 4) is 0 Å². The number of carbonyl (C=O) groups is 1. The van der Waals surface area contributed by atoms with Gasteiger partial charge in [0.1, 0.15) is 0 Å². The number of hydrogen-bond donors (Lipinski definition) is 2. The van der Waals surface area contributed by atoms with E-state index in [0.717, 1.165) is 11.3 Å². The van der Waals surface area contributed by atoms with Crippen LogP contribution in [0.2, 0.25) is 5.02 Å². The van der Waals surface area contributed by atoms with Gasteiger partial charge < -0.3 is 10.2 Å². The first kappa shape index (κ1) is 20.8. The third-order valence-corrected chi connectivity index (χ3v) is 6.98. The van der Waals surface area contributed by atoms with Gasteiger partial charge in [-0.25, -0.2) is 8.42 Å². The van der Waals surface area contributed by atoms with Gasteiger partial charge >= 0.3 is 0 Å². The number of nitrogens with zero attached hydrogens (tertiary/aromatic N) is 1. The van der Waals surface area contributed by atoms with Gasteiger partial charge in [0.15, 0.2) is 6.54 Å². The molecule has 2 aromatic carbocycles. The Balaban J connectivity index is 1.44. The van der Waals surface area contributed by atoms with E-state index in [1.165, 1.54) is 15.9 Å². The molecule has 2 aromatic rings. The van der Waals surface area contributed by atoms with Crippen LogP contribution in [-0.2, 0) is 21.2 Å². The molecule has 0 unspecified atom stereocenters. The van der Waals surface area contributed by atoms with Crippen LogP contribution >= 0.6 is 11.6 Å². The monoisotopic (exact) mass is 422 g/mol. The molecule has 0 aliphatic carbocycles. The second-order valence-electron chi connectivity index (χ2n) is 6.87. The fourth-order valence-electron chi connectivity index (χ4n) is 3.28. The van der Waals surface area contributed by atoms with E-state index in [1.54, 1.807) is 18.2 Å². The highest BCUT2D eigenvalue weighted by molar-refractivity contribution is 7.89. The summed E-state index contributed by atoms with van der Waals surface area (Å²) < 4.78 is 26.9. The number of carbonyl (C=O) groups excluding carboxylic acids is 1. The Hall–Kier alpha value is -1.93. The van der Waals surface area contributed by atoms with Gasteiger partial charge in [-0.2, -0.15) is 4.31 Å². The number of benzene rings is 2. The van der Waals surface area contributed by atoms with Gasteiger partial charge in [0.2, 0.25) is 10.0 Å². The molecule has 1 aliphatic rings. The molecule has 0 spiro atoms. The largest absolute Gasteiger partial charge is 0.351 e. The average molecular weight is 423 g/mol. The zero-order chi connectivity index (χ0) is 20.0. The fourth-order valence-corrected chi connectivity index (χ4v) is 5.02. The quantitative estimate of drug-likeness (QED) is 0.686. The predicted octanol–water partition coefficient (Wildman–Crippen LogP) is 0.588. The summed E-state index contributed by atoms with van der Waals surface area (Å²) in [6, 6.07) is 16.3. The van der Waals surface area contributed by atoms with E-state index in [2.05, 4.69) is 5.32 Å². The average Bonchev–Trinajstić information content (AvgIpc) is 2.69. The molecule has 1 saturated heterocycles. The van der Waals surface area contributed by atoms with Gasteiger partial charge in [-0.15, -0.1) is 0 Å². The zero-order valence-corrected chi connectivity index (χ0v) is 17.2. The summed E-state index contributed by atoms with van der Waals surface area (Å²) in [6.07, 6.45) is 0.799. The topological polar surface area (TPSA) is 70.9 Å². The number of halogens is 1. The van der Waals surface area contributed by atoms with Crippen LogP contribution in [0.4, 0.5) is 0 Å². The van der Waals surface area contributed by atoms with Crippen molar-refractivity contribution in [1.82, 2.24) is 9.62 Å². The first-order chi connectivity index (χ1) is 13.4. The van der Waals surface area contributed by atoms with Crippen LogP contribution in [0.5, 0.6) is 0 Å². The van der Waals surface area contributed by atoms with E-state index in [0.29, 0.717) is 44.3 Å². The minimum atomic E-state index is -3.55. The lowest BCUT2D eigenvalue weighted by Gasteiger charge is -2.31. The molecule has 3 rings (SSSR count). The van der Waals surface area contributed by atoms with Crippen LogP contribution < -0.4 is 10.2 Å². The van der Waals surface area contributed by atoms with Crippen LogP contribution in [0.25, 0.3) is 0 Å². The van der Waals surface area contributed by atoms with Crippen LogP contribution in [0.1, 0.15) is 5.56 Å². The summed E-state index contributed by atoms with van der Waals surface area (Å²) in [5.74, 6) is -0.00270. The number of hydrogen-bond acceptors (Lipinski definition) is 3. The lowest BCUT2D eigenvalue weighted by atomic mass is 10.1. The Morgan fingerprint density at radius 2 is 1.79 bits per heavy atom. The molecule has 150 valence electrons. The molecule has 8 heteroatoms. The Labute approximate surface area is 171 Å². The van der Waals surface area contributed by atoms with E-state index < -0.39 is 10.0 Å². The van der Waals surface area contributed by atoms with Crippen LogP contribution in [0.15, 0.2) is 59.5 Å². The number of piperazine rings is 1. The Morgan fingerprint density at radius 1 is 1.07 bits per heavy atom. The molecule has 1 amide bonds. The van der Waals surface area contributed by atoms with Gasteiger partial charge in [0.05, 0.1) is 31.1 Å². The molecule has 28 heavy (non-hydrogen) atoms. The van der Waals surface area contributed by atoms with E-state index in [9.17, 15) is 13.2 Å². The molecule has 1 heterocycles. The third-order valence-electron chi connectivity index (χ3n) is 4.85. The SMILES string of the molecule is O=C(C[NH+]1CCN(S(=O)(=O)c2cccc(Cl)c2)CC1)NCCc1ccccc1. The Morgan fingerprint density at radius 3 is 2.46 bits per heavy atom. The van der Waals surface area contributed by atoms with Crippen molar-refractivity contribution in [2.75, 3.05) is 39.3 Å². The Kier molecular flexibility index (Phi) is 7.07. The normalized spacial score (nSPS) is 16.0. The highest BCUT2D eigenvalue weighted by atomic mass is 35.5. The maximum Gasteiger partial charge on any atom is 0.275 e. The summed E-state index contributed by atoms with van der Waals surface area (Å²) in [5, 5.41) is 3.35. The van der Waals surface area contributed by atoms with Gasteiger partial charge in [-0.1, -0.05) is 48.0 Å². The molecular formula is C20H25ClN3O3S+. The maximum atomic E-state index is 12.7. The summed E-state index contributed by atoms with van der Waals surface area (Å²) in [5.41, 5.74) is 1.19. The summed E-state index contributed by atoms with van der Waals surface area (Å²) in [6.45, 7) is 2.95. The zero-order valence-electron chi connectivity index (χ0n) is 15.6. The molecule has 0 bridgehead atoms. The van der Waals surface area contributed by atoms with E-state index in [1.807, 2.05) is 30.3 Å². The van der Waals surface area contributed by atoms with E-state index >= 15 is 0 Å². The van der Waals surface area contributed by atoms with Crippen molar-refractivity contribution >= 4 is 27.5 Å². The van der Waals surface area contributed by atoms with Crippen molar-refractivity contribution in [2.45, 2.75) is 11.3 Å². The van der Waals surface area contributed by atoms with Crippen LogP contribution in [0.3, 0.4) is 0 Å². The van der Waals surface area contributed by atoms with Gasteiger partial charge in [-0.3, -0.25) is 4.79 Å². The number of quaternary nitrogens is 1. The summed E-state index contributed by atoms with van der Waals surface area (Å²) in [4.78, 5) is 13.5. The minimum Gasteiger partial charge on any atom is -0.351 e. The first-order valence-corrected chi connectivity index (χ1v) is 11.2. The Bertz CT molecular complexity index is 898. The molecule has 0 radical (unpaired) electrons. The number of sulfonamides is 1. The lowest BCUT2D eigenvalue weighted by Crippen LogP contribution is -3.15.